The highest BCUT2D eigenvalue weighted by atomic mass is 16.2. The molecule has 1 fully saturated rings. The van der Waals surface area contributed by atoms with Crippen molar-refractivity contribution in [1.82, 2.24) is 10.3 Å². The second-order valence-electron chi connectivity index (χ2n) is 6.63. The fourth-order valence-corrected chi connectivity index (χ4v) is 2.94. The van der Waals surface area contributed by atoms with Crippen molar-refractivity contribution >= 4 is 23.3 Å². The molecule has 1 saturated heterocycles. The summed E-state index contributed by atoms with van der Waals surface area (Å²) in [6.07, 6.45) is 4.04. The summed E-state index contributed by atoms with van der Waals surface area (Å²) in [7, 11) is 0. The van der Waals surface area contributed by atoms with E-state index in [1.54, 1.807) is 12.3 Å². The van der Waals surface area contributed by atoms with Crippen LogP contribution in [0.15, 0.2) is 36.5 Å². The van der Waals surface area contributed by atoms with Gasteiger partial charge in [0.15, 0.2) is 0 Å². The van der Waals surface area contributed by atoms with Crippen molar-refractivity contribution in [2.24, 2.45) is 0 Å². The molecule has 0 bridgehead atoms. The van der Waals surface area contributed by atoms with E-state index in [0.717, 1.165) is 30.0 Å². The SMILES string of the molecule is Cc1ccc(C(=O)NCC(=O)Nc2ccc(N3CCCC3)nc2)cc1C. The number of nitrogens with zero attached hydrogens (tertiary/aromatic N) is 2. The van der Waals surface area contributed by atoms with Gasteiger partial charge in [-0.2, -0.15) is 0 Å². The van der Waals surface area contributed by atoms with Crippen LogP contribution in [0.1, 0.15) is 34.3 Å². The highest BCUT2D eigenvalue weighted by molar-refractivity contribution is 5.99. The van der Waals surface area contributed by atoms with Crippen LogP contribution in [-0.4, -0.2) is 36.4 Å². The molecule has 136 valence electrons. The number of anilines is 2. The van der Waals surface area contributed by atoms with Gasteiger partial charge >= 0.3 is 0 Å². The average molecular weight is 352 g/mol. The Balaban J connectivity index is 1.50. The van der Waals surface area contributed by atoms with E-state index in [1.165, 1.54) is 12.8 Å². The molecule has 0 saturated carbocycles. The molecular weight excluding hydrogens is 328 g/mol. The number of hydrogen-bond acceptors (Lipinski definition) is 4. The highest BCUT2D eigenvalue weighted by Crippen LogP contribution is 2.19. The maximum absolute atomic E-state index is 12.1. The smallest absolute Gasteiger partial charge is 0.251 e. The molecule has 0 radical (unpaired) electrons. The van der Waals surface area contributed by atoms with Gasteiger partial charge in [0.1, 0.15) is 5.82 Å². The molecule has 0 spiro atoms. The number of aryl methyl sites for hydroxylation is 2. The summed E-state index contributed by atoms with van der Waals surface area (Å²) in [5.74, 6) is 0.396. The molecule has 1 aromatic carbocycles. The van der Waals surface area contributed by atoms with Crippen molar-refractivity contribution in [1.29, 1.82) is 0 Å². The summed E-state index contributed by atoms with van der Waals surface area (Å²) in [5.41, 5.74) is 3.35. The molecule has 2 N–H and O–H groups in total. The lowest BCUT2D eigenvalue weighted by Crippen LogP contribution is -2.33. The molecule has 0 aliphatic carbocycles. The van der Waals surface area contributed by atoms with E-state index in [-0.39, 0.29) is 18.4 Å². The molecule has 26 heavy (non-hydrogen) atoms. The molecule has 1 aliphatic heterocycles. The number of hydrogen-bond donors (Lipinski definition) is 2. The Hall–Kier alpha value is -2.89. The molecule has 0 atom stereocenters. The van der Waals surface area contributed by atoms with Gasteiger partial charge in [-0.05, 0) is 62.1 Å². The fourth-order valence-electron chi connectivity index (χ4n) is 2.94. The Morgan fingerprint density at radius 1 is 1.08 bits per heavy atom. The first-order valence-electron chi connectivity index (χ1n) is 8.89. The van der Waals surface area contributed by atoms with Crippen LogP contribution in [0.5, 0.6) is 0 Å². The van der Waals surface area contributed by atoms with Gasteiger partial charge in [0.2, 0.25) is 5.91 Å². The van der Waals surface area contributed by atoms with Crippen LogP contribution in [0.2, 0.25) is 0 Å². The number of carbonyl (C=O) groups excluding carboxylic acids is 2. The summed E-state index contributed by atoms with van der Waals surface area (Å²) in [5, 5.41) is 5.39. The number of carbonyl (C=O) groups is 2. The van der Waals surface area contributed by atoms with Gasteiger partial charge in [-0.25, -0.2) is 4.98 Å². The molecule has 2 amide bonds. The van der Waals surface area contributed by atoms with Crippen LogP contribution in [0.3, 0.4) is 0 Å². The van der Waals surface area contributed by atoms with Crippen LogP contribution >= 0.6 is 0 Å². The van der Waals surface area contributed by atoms with Gasteiger partial charge in [-0.15, -0.1) is 0 Å². The minimum Gasteiger partial charge on any atom is -0.357 e. The van der Waals surface area contributed by atoms with Gasteiger partial charge < -0.3 is 15.5 Å². The number of nitrogens with one attached hydrogen (secondary N) is 2. The molecule has 0 unspecified atom stereocenters. The van der Waals surface area contributed by atoms with Crippen LogP contribution in [0.25, 0.3) is 0 Å². The molecule has 1 aliphatic rings. The summed E-state index contributed by atoms with van der Waals surface area (Å²) < 4.78 is 0. The Morgan fingerprint density at radius 3 is 2.50 bits per heavy atom. The van der Waals surface area contributed by atoms with E-state index < -0.39 is 0 Å². The number of benzene rings is 1. The van der Waals surface area contributed by atoms with Crippen molar-refractivity contribution in [3.63, 3.8) is 0 Å². The monoisotopic (exact) mass is 352 g/mol. The Bertz CT molecular complexity index is 796. The average Bonchev–Trinajstić information content (AvgIpc) is 3.17. The van der Waals surface area contributed by atoms with E-state index in [9.17, 15) is 9.59 Å². The Labute approximate surface area is 153 Å². The Kier molecular flexibility index (Phi) is 5.51. The van der Waals surface area contributed by atoms with E-state index >= 15 is 0 Å². The van der Waals surface area contributed by atoms with Crippen LogP contribution in [-0.2, 0) is 4.79 Å². The quantitative estimate of drug-likeness (QED) is 0.868. The zero-order valence-corrected chi connectivity index (χ0v) is 15.2. The maximum atomic E-state index is 12.1. The fraction of sp³-hybridized carbons (Fsp3) is 0.350. The van der Waals surface area contributed by atoms with Gasteiger partial charge in [0.05, 0.1) is 18.4 Å². The van der Waals surface area contributed by atoms with E-state index in [4.69, 9.17) is 0 Å². The highest BCUT2D eigenvalue weighted by Gasteiger charge is 2.13. The zero-order valence-electron chi connectivity index (χ0n) is 15.2. The first-order chi connectivity index (χ1) is 12.5. The van der Waals surface area contributed by atoms with Crippen LogP contribution < -0.4 is 15.5 Å². The third-order valence-electron chi connectivity index (χ3n) is 4.64. The first-order valence-corrected chi connectivity index (χ1v) is 8.89. The number of pyridine rings is 1. The molecule has 6 heteroatoms. The van der Waals surface area contributed by atoms with Gasteiger partial charge in [-0.1, -0.05) is 6.07 Å². The predicted molar refractivity (Wildman–Crippen MR) is 103 cm³/mol. The summed E-state index contributed by atoms with van der Waals surface area (Å²) in [6.45, 7) is 5.93. The summed E-state index contributed by atoms with van der Waals surface area (Å²) >= 11 is 0. The largest absolute Gasteiger partial charge is 0.357 e. The standard InChI is InChI=1S/C20H24N4O2/c1-14-5-6-16(11-15(14)2)20(26)22-13-19(25)23-17-7-8-18(21-12-17)24-9-3-4-10-24/h5-8,11-12H,3-4,9-10,13H2,1-2H3,(H,22,26)(H,23,25). The minimum absolute atomic E-state index is 0.0837. The summed E-state index contributed by atoms with van der Waals surface area (Å²) in [4.78, 5) is 30.8. The molecule has 1 aromatic heterocycles. The lowest BCUT2D eigenvalue weighted by molar-refractivity contribution is -0.115. The summed E-state index contributed by atoms with van der Waals surface area (Å²) in [6, 6.07) is 9.23. The van der Waals surface area contributed by atoms with Crippen molar-refractivity contribution in [3.05, 3.63) is 53.2 Å². The second kappa shape index (κ2) is 7.99. The van der Waals surface area contributed by atoms with Crippen molar-refractivity contribution < 1.29 is 9.59 Å². The van der Waals surface area contributed by atoms with Crippen LogP contribution in [0.4, 0.5) is 11.5 Å². The molecule has 6 nitrogen and oxygen atoms in total. The second-order valence-corrected chi connectivity index (χ2v) is 6.63. The lowest BCUT2D eigenvalue weighted by atomic mass is 10.1. The molecule has 2 heterocycles. The zero-order chi connectivity index (χ0) is 18.5. The topological polar surface area (TPSA) is 74.3 Å². The van der Waals surface area contributed by atoms with Crippen LogP contribution in [0, 0.1) is 13.8 Å². The minimum atomic E-state index is -0.280. The number of rotatable bonds is 5. The van der Waals surface area contributed by atoms with Crippen molar-refractivity contribution in [3.8, 4) is 0 Å². The number of aromatic nitrogens is 1. The lowest BCUT2D eigenvalue weighted by Gasteiger charge is -2.16. The van der Waals surface area contributed by atoms with Crippen molar-refractivity contribution in [2.45, 2.75) is 26.7 Å². The van der Waals surface area contributed by atoms with Gasteiger partial charge in [0.25, 0.3) is 5.91 Å². The van der Waals surface area contributed by atoms with E-state index in [1.807, 2.05) is 38.1 Å². The third kappa shape index (κ3) is 4.39. The predicted octanol–water partition coefficient (Wildman–Crippen LogP) is 2.67. The van der Waals surface area contributed by atoms with E-state index in [2.05, 4.69) is 20.5 Å². The first kappa shape index (κ1) is 17.9. The molecule has 3 rings (SSSR count). The Morgan fingerprint density at radius 2 is 1.85 bits per heavy atom. The van der Waals surface area contributed by atoms with Gasteiger partial charge in [0, 0.05) is 18.7 Å². The normalized spacial score (nSPS) is 13.5. The van der Waals surface area contributed by atoms with Crippen molar-refractivity contribution in [2.75, 3.05) is 29.9 Å². The number of amides is 2. The molecule has 2 aromatic rings. The van der Waals surface area contributed by atoms with Gasteiger partial charge in [-0.3, -0.25) is 9.59 Å². The maximum Gasteiger partial charge on any atom is 0.251 e. The van der Waals surface area contributed by atoms with E-state index in [0.29, 0.717) is 11.3 Å². The molecular formula is C20H24N4O2. The third-order valence-corrected chi connectivity index (χ3v) is 4.64.